The molecule has 0 N–H and O–H groups in total. The molecule has 2 aliphatic heterocycles. The van der Waals surface area contributed by atoms with Crippen molar-refractivity contribution in [2.45, 2.75) is 51.9 Å². The van der Waals surface area contributed by atoms with Gasteiger partial charge in [-0.25, -0.2) is 0 Å². The smallest absolute Gasteiger partial charge is 0.141 e. The van der Waals surface area contributed by atoms with Gasteiger partial charge in [-0.2, -0.15) is 0 Å². The monoisotopic (exact) mass is 275 g/mol. The number of fused-ring (bicyclic) bond motifs is 1. The highest BCUT2D eigenvalue weighted by atomic mass is 16.1. The zero-order valence-electron chi connectivity index (χ0n) is 12.5. The van der Waals surface area contributed by atoms with Gasteiger partial charge in [0.05, 0.1) is 5.41 Å². The van der Waals surface area contributed by atoms with E-state index < -0.39 is 0 Å². The lowest BCUT2D eigenvalue weighted by molar-refractivity contribution is -0.153. The second-order valence-electron chi connectivity index (χ2n) is 7.83. The maximum absolute atomic E-state index is 13.1. The lowest BCUT2D eigenvalue weighted by Crippen LogP contribution is -2.57. The van der Waals surface area contributed by atoms with Crippen molar-refractivity contribution < 1.29 is 9.59 Å². The first-order valence-corrected chi connectivity index (χ1v) is 8.37. The highest BCUT2D eigenvalue weighted by molar-refractivity contribution is 6.00. The molecule has 2 aliphatic carbocycles. The minimum Gasteiger partial charge on any atom is -0.302 e. The highest BCUT2D eigenvalue weighted by Gasteiger charge is 2.69. The molecular weight excluding hydrogens is 250 g/mol. The first kappa shape index (κ1) is 13.0. The van der Waals surface area contributed by atoms with Crippen molar-refractivity contribution >= 4 is 11.6 Å². The summed E-state index contributed by atoms with van der Waals surface area (Å²) >= 11 is 0. The van der Waals surface area contributed by atoms with Crippen molar-refractivity contribution in [3.8, 4) is 0 Å². The van der Waals surface area contributed by atoms with E-state index in [0.717, 1.165) is 51.7 Å². The molecule has 2 bridgehead atoms. The maximum Gasteiger partial charge on any atom is 0.141 e. The highest BCUT2D eigenvalue weighted by Crippen LogP contribution is 2.65. The Morgan fingerprint density at radius 3 is 2.60 bits per heavy atom. The van der Waals surface area contributed by atoms with Crippen LogP contribution < -0.4 is 0 Å². The third-order valence-corrected chi connectivity index (χ3v) is 6.85. The number of carbonyl (C=O) groups is 2. The Morgan fingerprint density at radius 1 is 1.05 bits per heavy atom. The topological polar surface area (TPSA) is 37.4 Å². The average molecular weight is 275 g/mol. The zero-order chi connectivity index (χ0) is 14.0. The van der Waals surface area contributed by atoms with Crippen LogP contribution in [0.2, 0.25) is 0 Å². The number of rotatable bonds is 0. The summed E-state index contributed by atoms with van der Waals surface area (Å²) in [5.74, 6) is 1.70. The van der Waals surface area contributed by atoms with Gasteiger partial charge in [0, 0.05) is 24.8 Å². The molecule has 5 atom stereocenters. The van der Waals surface area contributed by atoms with Crippen molar-refractivity contribution in [1.82, 2.24) is 4.90 Å². The third-order valence-electron chi connectivity index (χ3n) is 6.85. The van der Waals surface area contributed by atoms with Gasteiger partial charge >= 0.3 is 0 Å². The average Bonchev–Trinajstić information content (AvgIpc) is 2.55. The summed E-state index contributed by atoms with van der Waals surface area (Å²) < 4.78 is 0. The van der Waals surface area contributed by atoms with Crippen molar-refractivity contribution in [2.75, 3.05) is 19.6 Å². The van der Waals surface area contributed by atoms with Gasteiger partial charge in [0.1, 0.15) is 11.6 Å². The van der Waals surface area contributed by atoms with Gasteiger partial charge < -0.3 is 4.90 Å². The standard InChI is InChI=1S/C17H25NO2/c1-12-8-13-10-14(19)16-4-2-6-18(11-16)7-3-5-17(13,16)15(20)9-12/h12-13H,2-11H2,1H3/t12?,13-,16-,17+/m0/s1. The summed E-state index contributed by atoms with van der Waals surface area (Å²) in [6, 6.07) is 0. The minimum atomic E-state index is -0.302. The van der Waals surface area contributed by atoms with Crippen molar-refractivity contribution in [2.24, 2.45) is 22.7 Å². The van der Waals surface area contributed by atoms with E-state index in [1.54, 1.807) is 0 Å². The Hall–Kier alpha value is -0.700. The van der Waals surface area contributed by atoms with Gasteiger partial charge in [0.25, 0.3) is 0 Å². The van der Waals surface area contributed by atoms with Crippen LogP contribution in [0, 0.1) is 22.7 Å². The van der Waals surface area contributed by atoms with E-state index in [0.29, 0.717) is 36.2 Å². The summed E-state index contributed by atoms with van der Waals surface area (Å²) in [5.41, 5.74) is -0.574. The summed E-state index contributed by atoms with van der Waals surface area (Å²) in [7, 11) is 0. The number of hydrogen-bond donors (Lipinski definition) is 0. The van der Waals surface area contributed by atoms with Crippen LogP contribution in [0.5, 0.6) is 0 Å². The van der Waals surface area contributed by atoms with Crippen LogP contribution in [0.3, 0.4) is 0 Å². The summed E-state index contributed by atoms with van der Waals surface area (Å²) in [6.07, 6.45) is 6.65. The molecule has 2 saturated carbocycles. The molecular formula is C17H25NO2. The Morgan fingerprint density at radius 2 is 1.80 bits per heavy atom. The van der Waals surface area contributed by atoms with E-state index in [1.165, 1.54) is 0 Å². The van der Waals surface area contributed by atoms with Crippen LogP contribution in [0.1, 0.15) is 51.9 Å². The number of Topliss-reactive ketones (excluding diaryl/α,β-unsaturated/α-hetero) is 2. The molecule has 2 saturated heterocycles. The molecule has 4 rings (SSSR count). The Bertz CT molecular complexity index is 474. The van der Waals surface area contributed by atoms with Crippen LogP contribution in [-0.2, 0) is 9.59 Å². The fraction of sp³-hybridized carbons (Fsp3) is 0.882. The van der Waals surface area contributed by atoms with Gasteiger partial charge in [-0.05, 0) is 57.0 Å². The van der Waals surface area contributed by atoms with E-state index in [2.05, 4.69) is 11.8 Å². The predicted molar refractivity (Wildman–Crippen MR) is 76.3 cm³/mol. The number of hydrogen-bond acceptors (Lipinski definition) is 3. The molecule has 20 heavy (non-hydrogen) atoms. The molecule has 110 valence electrons. The molecule has 3 heteroatoms. The Kier molecular flexibility index (Phi) is 2.70. The Balaban J connectivity index is 1.86. The normalized spacial score (nSPS) is 51.4. The van der Waals surface area contributed by atoms with E-state index >= 15 is 0 Å². The predicted octanol–water partition coefficient (Wildman–Crippen LogP) is 2.44. The maximum atomic E-state index is 13.1. The molecule has 2 unspecified atom stereocenters. The van der Waals surface area contributed by atoms with Gasteiger partial charge in [0.15, 0.2) is 0 Å². The number of carbonyl (C=O) groups excluding carboxylic acids is 2. The zero-order valence-corrected chi connectivity index (χ0v) is 12.5. The van der Waals surface area contributed by atoms with E-state index in [1.807, 2.05) is 0 Å². The van der Waals surface area contributed by atoms with Crippen molar-refractivity contribution in [3.05, 3.63) is 0 Å². The largest absolute Gasteiger partial charge is 0.302 e. The molecule has 4 fully saturated rings. The van der Waals surface area contributed by atoms with Crippen LogP contribution >= 0.6 is 0 Å². The molecule has 0 aromatic rings. The van der Waals surface area contributed by atoms with E-state index in [9.17, 15) is 9.59 Å². The van der Waals surface area contributed by atoms with Crippen LogP contribution in [0.25, 0.3) is 0 Å². The van der Waals surface area contributed by atoms with Crippen LogP contribution in [-0.4, -0.2) is 36.1 Å². The SMILES string of the molecule is CC1CC(=O)[C@]23CCCN4CCC[C@]2(C4)C(=O)C[C@@H]3C1. The third kappa shape index (κ3) is 1.40. The molecule has 0 amide bonds. The number of nitrogens with zero attached hydrogens (tertiary/aromatic N) is 1. The fourth-order valence-electron chi connectivity index (χ4n) is 6.17. The molecule has 0 aromatic carbocycles. The molecule has 2 heterocycles. The van der Waals surface area contributed by atoms with Crippen LogP contribution in [0.4, 0.5) is 0 Å². The first-order chi connectivity index (χ1) is 9.58. The first-order valence-electron chi connectivity index (χ1n) is 8.37. The van der Waals surface area contributed by atoms with E-state index in [-0.39, 0.29) is 10.8 Å². The Labute approximate surface area is 121 Å². The van der Waals surface area contributed by atoms with Crippen LogP contribution in [0.15, 0.2) is 0 Å². The molecule has 0 radical (unpaired) electrons. The second kappa shape index (κ2) is 4.16. The minimum absolute atomic E-state index is 0.272. The molecule has 4 aliphatic rings. The summed E-state index contributed by atoms with van der Waals surface area (Å²) in [6.45, 7) is 5.28. The number of ketones is 2. The fourth-order valence-corrected chi connectivity index (χ4v) is 6.17. The molecule has 0 aromatic heterocycles. The van der Waals surface area contributed by atoms with Gasteiger partial charge in [-0.15, -0.1) is 0 Å². The lowest BCUT2D eigenvalue weighted by Gasteiger charge is -2.51. The summed E-state index contributed by atoms with van der Waals surface area (Å²) in [4.78, 5) is 28.5. The number of piperidine rings is 1. The quantitative estimate of drug-likeness (QED) is 0.681. The van der Waals surface area contributed by atoms with Crippen molar-refractivity contribution in [1.29, 1.82) is 0 Å². The van der Waals surface area contributed by atoms with Gasteiger partial charge in [-0.3, -0.25) is 9.59 Å². The molecule has 3 nitrogen and oxygen atoms in total. The lowest BCUT2D eigenvalue weighted by atomic mass is 9.51. The van der Waals surface area contributed by atoms with E-state index in [4.69, 9.17) is 0 Å². The molecule has 2 spiro atoms. The second-order valence-corrected chi connectivity index (χ2v) is 7.83. The van der Waals surface area contributed by atoms with Crippen molar-refractivity contribution in [3.63, 3.8) is 0 Å². The van der Waals surface area contributed by atoms with Gasteiger partial charge in [-0.1, -0.05) is 6.92 Å². The summed E-state index contributed by atoms with van der Waals surface area (Å²) in [5, 5.41) is 0. The van der Waals surface area contributed by atoms with Gasteiger partial charge in [0.2, 0.25) is 0 Å².